The minimum absolute atomic E-state index is 0.143. The van der Waals surface area contributed by atoms with Gasteiger partial charge in [0.2, 0.25) is 5.91 Å². The van der Waals surface area contributed by atoms with Crippen molar-refractivity contribution < 1.29 is 4.79 Å². The van der Waals surface area contributed by atoms with Crippen LogP contribution in [-0.2, 0) is 4.79 Å². The van der Waals surface area contributed by atoms with Gasteiger partial charge in [0.1, 0.15) is 0 Å². The second-order valence-corrected chi connectivity index (χ2v) is 4.45. The maximum Gasteiger partial charge on any atom is 0.228 e. The summed E-state index contributed by atoms with van der Waals surface area (Å²) >= 11 is 0. The molecule has 1 amide bonds. The van der Waals surface area contributed by atoms with Crippen molar-refractivity contribution in [3.05, 3.63) is 29.8 Å². The first-order chi connectivity index (χ1) is 8.04. The molecular weight excluding hydrogens is 212 g/mol. The summed E-state index contributed by atoms with van der Waals surface area (Å²) in [4.78, 5) is 13.7. The Morgan fingerprint density at radius 3 is 2.76 bits per heavy atom. The van der Waals surface area contributed by atoms with Gasteiger partial charge in [-0.1, -0.05) is 19.1 Å². The largest absolute Gasteiger partial charge is 0.315 e. The van der Waals surface area contributed by atoms with Gasteiger partial charge in [0.25, 0.3) is 0 Å². The quantitative estimate of drug-likeness (QED) is 0.848. The number of benzene rings is 1. The number of carbonyl (C=O) groups is 1. The summed E-state index contributed by atoms with van der Waals surface area (Å²) in [6.07, 6.45) is 0.526. The van der Waals surface area contributed by atoms with Gasteiger partial charge in [-0.25, -0.2) is 0 Å². The zero-order valence-corrected chi connectivity index (χ0v) is 11.2. The van der Waals surface area contributed by atoms with E-state index in [-0.39, 0.29) is 11.9 Å². The molecule has 0 fully saturated rings. The maximum absolute atomic E-state index is 12.0. The smallest absolute Gasteiger partial charge is 0.228 e. The number of aryl methyl sites for hydroxylation is 1. The topological polar surface area (TPSA) is 32.3 Å². The van der Waals surface area contributed by atoms with Crippen molar-refractivity contribution in [1.29, 1.82) is 0 Å². The highest BCUT2D eigenvalue weighted by Crippen LogP contribution is 2.15. The van der Waals surface area contributed by atoms with Crippen molar-refractivity contribution in [2.75, 3.05) is 18.5 Å². The summed E-state index contributed by atoms with van der Waals surface area (Å²) in [6.45, 7) is 7.00. The van der Waals surface area contributed by atoms with Crippen LogP contribution in [0.3, 0.4) is 0 Å². The molecule has 0 spiro atoms. The van der Waals surface area contributed by atoms with Gasteiger partial charge in [-0.05, 0) is 38.1 Å². The number of rotatable bonds is 5. The van der Waals surface area contributed by atoms with E-state index in [4.69, 9.17) is 0 Å². The zero-order valence-electron chi connectivity index (χ0n) is 11.2. The first kappa shape index (κ1) is 13.7. The van der Waals surface area contributed by atoms with E-state index in [0.717, 1.165) is 12.2 Å². The molecule has 0 aliphatic rings. The molecular formula is C14H22N2O. The van der Waals surface area contributed by atoms with Crippen LogP contribution < -0.4 is 10.2 Å². The van der Waals surface area contributed by atoms with Gasteiger partial charge in [-0.2, -0.15) is 0 Å². The molecule has 0 aliphatic carbocycles. The van der Waals surface area contributed by atoms with E-state index in [2.05, 4.69) is 5.32 Å². The lowest BCUT2D eigenvalue weighted by Gasteiger charge is -2.20. The molecule has 1 atom stereocenters. The average molecular weight is 234 g/mol. The Kier molecular flexibility index (Phi) is 5.16. The minimum Gasteiger partial charge on any atom is -0.315 e. The highest BCUT2D eigenvalue weighted by Gasteiger charge is 2.13. The first-order valence-electron chi connectivity index (χ1n) is 6.11. The molecule has 0 saturated carbocycles. The maximum atomic E-state index is 12.0. The predicted molar refractivity (Wildman–Crippen MR) is 72.3 cm³/mol. The van der Waals surface area contributed by atoms with Gasteiger partial charge in [0, 0.05) is 25.2 Å². The van der Waals surface area contributed by atoms with Crippen LogP contribution >= 0.6 is 0 Å². The van der Waals surface area contributed by atoms with Crippen LogP contribution in [-0.4, -0.2) is 25.5 Å². The number of amides is 1. The Hall–Kier alpha value is -1.35. The Morgan fingerprint density at radius 1 is 1.47 bits per heavy atom. The molecule has 0 aromatic heterocycles. The van der Waals surface area contributed by atoms with Gasteiger partial charge in [-0.15, -0.1) is 0 Å². The zero-order chi connectivity index (χ0) is 12.8. The van der Waals surface area contributed by atoms with Gasteiger partial charge < -0.3 is 10.2 Å². The first-order valence-corrected chi connectivity index (χ1v) is 6.11. The van der Waals surface area contributed by atoms with Gasteiger partial charge >= 0.3 is 0 Å². The molecule has 1 aromatic carbocycles. The summed E-state index contributed by atoms with van der Waals surface area (Å²) in [5.74, 6) is 0.143. The number of hydrogen-bond donors (Lipinski definition) is 1. The fourth-order valence-corrected chi connectivity index (χ4v) is 1.80. The van der Waals surface area contributed by atoms with Gasteiger partial charge in [-0.3, -0.25) is 4.79 Å². The molecule has 0 saturated heterocycles. The van der Waals surface area contributed by atoms with Gasteiger partial charge in [0.05, 0.1) is 0 Å². The second-order valence-electron chi connectivity index (χ2n) is 4.45. The van der Waals surface area contributed by atoms with Crippen LogP contribution in [0, 0.1) is 6.92 Å². The van der Waals surface area contributed by atoms with Crippen molar-refractivity contribution in [2.45, 2.75) is 33.2 Å². The Bertz CT molecular complexity index is 376. The molecule has 0 bridgehead atoms. The van der Waals surface area contributed by atoms with Crippen LogP contribution in [0.5, 0.6) is 0 Å². The third-order valence-corrected chi connectivity index (χ3v) is 2.80. The molecule has 17 heavy (non-hydrogen) atoms. The minimum atomic E-state index is 0.143. The molecule has 1 N–H and O–H groups in total. The Labute approximate surface area is 104 Å². The number of carbonyl (C=O) groups excluding carboxylic acids is 1. The lowest BCUT2D eigenvalue weighted by molar-refractivity contribution is -0.118. The third kappa shape index (κ3) is 4.19. The second kappa shape index (κ2) is 6.40. The van der Waals surface area contributed by atoms with Gasteiger partial charge in [0.15, 0.2) is 0 Å². The fourth-order valence-electron chi connectivity index (χ4n) is 1.80. The molecule has 0 radical (unpaired) electrons. The Balaban J connectivity index is 2.63. The fraction of sp³-hybridized carbons (Fsp3) is 0.500. The van der Waals surface area contributed by atoms with Crippen LogP contribution in [0.25, 0.3) is 0 Å². The SMILES string of the molecule is CCNC(C)CC(=O)N(C)c1cccc(C)c1. The monoisotopic (exact) mass is 234 g/mol. The van der Waals surface area contributed by atoms with E-state index in [0.29, 0.717) is 6.42 Å². The van der Waals surface area contributed by atoms with Crippen LogP contribution in [0.4, 0.5) is 5.69 Å². The Morgan fingerprint density at radius 2 is 2.18 bits per heavy atom. The lowest BCUT2D eigenvalue weighted by Crippen LogP contribution is -2.34. The summed E-state index contributed by atoms with van der Waals surface area (Å²) in [5.41, 5.74) is 2.13. The normalized spacial score (nSPS) is 12.2. The molecule has 0 heterocycles. The van der Waals surface area contributed by atoms with E-state index < -0.39 is 0 Å². The van der Waals surface area contributed by atoms with Crippen molar-refractivity contribution >= 4 is 11.6 Å². The molecule has 1 rings (SSSR count). The lowest BCUT2D eigenvalue weighted by atomic mass is 10.2. The molecule has 1 unspecified atom stereocenters. The third-order valence-electron chi connectivity index (χ3n) is 2.80. The summed E-state index contributed by atoms with van der Waals surface area (Å²) < 4.78 is 0. The number of anilines is 1. The summed E-state index contributed by atoms with van der Waals surface area (Å²) in [6, 6.07) is 8.21. The van der Waals surface area contributed by atoms with E-state index in [9.17, 15) is 4.79 Å². The molecule has 0 aliphatic heterocycles. The number of hydrogen-bond acceptors (Lipinski definition) is 2. The molecule has 94 valence electrons. The van der Waals surface area contributed by atoms with Crippen molar-refractivity contribution in [3.63, 3.8) is 0 Å². The van der Waals surface area contributed by atoms with E-state index in [1.807, 2.05) is 52.1 Å². The van der Waals surface area contributed by atoms with E-state index in [1.165, 1.54) is 5.56 Å². The van der Waals surface area contributed by atoms with Crippen LogP contribution in [0.1, 0.15) is 25.8 Å². The summed E-state index contributed by atoms with van der Waals surface area (Å²) in [5, 5.41) is 3.25. The van der Waals surface area contributed by atoms with Crippen LogP contribution in [0.2, 0.25) is 0 Å². The van der Waals surface area contributed by atoms with Crippen molar-refractivity contribution in [3.8, 4) is 0 Å². The molecule has 3 heteroatoms. The average Bonchev–Trinajstić information content (AvgIpc) is 2.28. The van der Waals surface area contributed by atoms with Crippen molar-refractivity contribution in [2.24, 2.45) is 0 Å². The number of nitrogens with zero attached hydrogens (tertiary/aromatic N) is 1. The van der Waals surface area contributed by atoms with E-state index >= 15 is 0 Å². The molecule has 1 aromatic rings. The summed E-state index contributed by atoms with van der Waals surface area (Å²) in [7, 11) is 1.83. The van der Waals surface area contributed by atoms with E-state index in [1.54, 1.807) is 4.90 Å². The molecule has 3 nitrogen and oxygen atoms in total. The van der Waals surface area contributed by atoms with Crippen molar-refractivity contribution in [1.82, 2.24) is 5.32 Å². The number of nitrogens with one attached hydrogen (secondary N) is 1. The highest BCUT2D eigenvalue weighted by atomic mass is 16.2. The standard InChI is InChI=1S/C14H22N2O/c1-5-15-12(3)10-14(17)16(4)13-8-6-7-11(2)9-13/h6-9,12,15H,5,10H2,1-4H3. The predicted octanol–water partition coefficient (Wildman–Crippen LogP) is 2.35. The van der Waals surface area contributed by atoms with Crippen LogP contribution in [0.15, 0.2) is 24.3 Å². The highest BCUT2D eigenvalue weighted by molar-refractivity contribution is 5.93.